The summed E-state index contributed by atoms with van der Waals surface area (Å²) in [5.41, 5.74) is 2.06. The second kappa shape index (κ2) is 5.76. The van der Waals surface area contributed by atoms with Gasteiger partial charge in [-0.25, -0.2) is 0 Å². The lowest BCUT2D eigenvalue weighted by atomic mass is 10.0. The molecule has 0 spiro atoms. The third-order valence-electron chi connectivity index (χ3n) is 2.16. The maximum absolute atomic E-state index is 11.3. The number of nitrogens with one attached hydrogen (secondary N) is 1. The molecular formula is C12H16ClNO. The Morgan fingerprint density at radius 2 is 2.20 bits per heavy atom. The first-order valence-electron chi connectivity index (χ1n) is 5.09. The summed E-state index contributed by atoms with van der Waals surface area (Å²) < 4.78 is 0. The smallest absolute Gasteiger partial charge is 0.225 e. The predicted octanol–water partition coefficient (Wildman–Crippen LogP) is 3.38. The molecule has 0 heterocycles. The lowest BCUT2D eigenvalue weighted by molar-refractivity contribution is -0.115. The molecule has 1 amide bonds. The number of carbonyl (C=O) groups excluding carboxylic acids is 1. The molecule has 0 aliphatic heterocycles. The molecule has 82 valence electrons. The molecular weight excluding hydrogens is 210 g/mol. The number of benzene rings is 1. The van der Waals surface area contributed by atoms with Crippen LogP contribution in [0.5, 0.6) is 0 Å². The van der Waals surface area contributed by atoms with Gasteiger partial charge in [0.25, 0.3) is 0 Å². The molecule has 0 bridgehead atoms. The van der Waals surface area contributed by atoms with Gasteiger partial charge < -0.3 is 5.32 Å². The number of alkyl halides is 1. The second-order valence-electron chi connectivity index (χ2n) is 3.77. The van der Waals surface area contributed by atoms with Crippen LogP contribution in [0.25, 0.3) is 0 Å². The SMILES string of the molecule is CC(C)c1cccc(NC(=O)CCCl)c1. The minimum Gasteiger partial charge on any atom is -0.326 e. The van der Waals surface area contributed by atoms with E-state index < -0.39 is 0 Å². The quantitative estimate of drug-likeness (QED) is 0.783. The molecule has 1 N–H and O–H groups in total. The summed E-state index contributed by atoms with van der Waals surface area (Å²) in [5.74, 6) is 0.788. The zero-order valence-electron chi connectivity index (χ0n) is 9.09. The number of hydrogen-bond acceptors (Lipinski definition) is 1. The summed E-state index contributed by atoms with van der Waals surface area (Å²) in [6.07, 6.45) is 0.355. The topological polar surface area (TPSA) is 29.1 Å². The first-order chi connectivity index (χ1) is 7.13. The van der Waals surface area contributed by atoms with Gasteiger partial charge in [0, 0.05) is 18.0 Å². The lowest BCUT2D eigenvalue weighted by Gasteiger charge is -2.08. The van der Waals surface area contributed by atoms with Crippen LogP contribution in [0.4, 0.5) is 5.69 Å². The van der Waals surface area contributed by atoms with Crippen molar-refractivity contribution in [2.24, 2.45) is 0 Å². The van der Waals surface area contributed by atoms with Gasteiger partial charge in [0.15, 0.2) is 0 Å². The molecule has 0 saturated carbocycles. The Morgan fingerprint density at radius 1 is 1.47 bits per heavy atom. The molecule has 1 rings (SSSR count). The number of hydrogen-bond donors (Lipinski definition) is 1. The zero-order valence-corrected chi connectivity index (χ0v) is 9.84. The third kappa shape index (κ3) is 3.92. The van der Waals surface area contributed by atoms with E-state index in [0.29, 0.717) is 18.2 Å². The molecule has 0 aliphatic carbocycles. The van der Waals surface area contributed by atoms with Gasteiger partial charge in [-0.3, -0.25) is 4.79 Å². The maximum atomic E-state index is 11.3. The maximum Gasteiger partial charge on any atom is 0.225 e. The van der Waals surface area contributed by atoms with Crippen molar-refractivity contribution in [3.63, 3.8) is 0 Å². The molecule has 0 aromatic heterocycles. The Labute approximate surface area is 95.6 Å². The molecule has 1 aromatic carbocycles. The molecule has 0 aliphatic rings. The van der Waals surface area contributed by atoms with Crippen molar-refractivity contribution in [2.75, 3.05) is 11.2 Å². The number of anilines is 1. The minimum absolute atomic E-state index is 0.0362. The highest BCUT2D eigenvalue weighted by atomic mass is 35.5. The van der Waals surface area contributed by atoms with Gasteiger partial charge in [0.2, 0.25) is 5.91 Å². The van der Waals surface area contributed by atoms with Gasteiger partial charge in [-0.1, -0.05) is 26.0 Å². The molecule has 1 aromatic rings. The van der Waals surface area contributed by atoms with Crippen molar-refractivity contribution in [3.8, 4) is 0 Å². The predicted molar refractivity (Wildman–Crippen MR) is 64.5 cm³/mol. The molecule has 2 nitrogen and oxygen atoms in total. The average Bonchev–Trinajstić information content (AvgIpc) is 2.18. The van der Waals surface area contributed by atoms with Crippen LogP contribution in [0.15, 0.2) is 24.3 Å². The second-order valence-corrected chi connectivity index (χ2v) is 4.15. The summed E-state index contributed by atoms with van der Waals surface area (Å²) in [6, 6.07) is 7.89. The fourth-order valence-corrected chi connectivity index (χ4v) is 1.46. The van der Waals surface area contributed by atoms with Crippen LogP contribution in [0.1, 0.15) is 31.7 Å². The zero-order chi connectivity index (χ0) is 11.3. The molecule has 0 radical (unpaired) electrons. The summed E-state index contributed by atoms with van der Waals surface area (Å²) in [6.45, 7) is 4.25. The van der Waals surface area contributed by atoms with Crippen molar-refractivity contribution in [1.29, 1.82) is 0 Å². The largest absolute Gasteiger partial charge is 0.326 e. The van der Waals surface area contributed by atoms with Crippen molar-refractivity contribution < 1.29 is 4.79 Å². The van der Waals surface area contributed by atoms with Crippen molar-refractivity contribution in [2.45, 2.75) is 26.2 Å². The van der Waals surface area contributed by atoms with Crippen LogP contribution in [0.3, 0.4) is 0 Å². The Balaban J connectivity index is 2.69. The molecule has 3 heteroatoms. The van der Waals surface area contributed by atoms with Crippen LogP contribution >= 0.6 is 11.6 Å². The molecule has 0 saturated heterocycles. The van der Waals surface area contributed by atoms with E-state index in [1.807, 2.05) is 18.2 Å². The van der Waals surface area contributed by atoms with E-state index in [1.165, 1.54) is 5.56 Å². The fraction of sp³-hybridized carbons (Fsp3) is 0.417. The third-order valence-corrected chi connectivity index (χ3v) is 2.35. The van der Waals surface area contributed by atoms with Gasteiger partial charge in [0.1, 0.15) is 0 Å². The number of halogens is 1. The van der Waals surface area contributed by atoms with Gasteiger partial charge >= 0.3 is 0 Å². The van der Waals surface area contributed by atoms with E-state index in [1.54, 1.807) is 0 Å². The van der Waals surface area contributed by atoms with Gasteiger partial charge in [0.05, 0.1) is 0 Å². The Bertz CT molecular complexity index is 336. The van der Waals surface area contributed by atoms with Crippen molar-refractivity contribution in [3.05, 3.63) is 29.8 Å². The van der Waals surface area contributed by atoms with E-state index in [4.69, 9.17) is 11.6 Å². The first kappa shape index (κ1) is 12.1. The highest BCUT2D eigenvalue weighted by Crippen LogP contribution is 2.18. The molecule has 0 unspecified atom stereocenters. The van der Waals surface area contributed by atoms with Gasteiger partial charge in [-0.05, 0) is 23.6 Å². The number of amides is 1. The normalized spacial score (nSPS) is 10.4. The summed E-state index contributed by atoms with van der Waals surface area (Å²) >= 11 is 5.48. The van der Waals surface area contributed by atoms with Crippen molar-refractivity contribution >= 4 is 23.2 Å². The summed E-state index contributed by atoms with van der Waals surface area (Å²) in [4.78, 5) is 11.3. The standard InChI is InChI=1S/C12H16ClNO/c1-9(2)10-4-3-5-11(8-10)14-12(15)6-7-13/h3-5,8-9H,6-7H2,1-2H3,(H,14,15). The van der Waals surface area contributed by atoms with Crippen LogP contribution in [-0.2, 0) is 4.79 Å². The van der Waals surface area contributed by atoms with Crippen LogP contribution in [0, 0.1) is 0 Å². The Hall–Kier alpha value is -1.02. The molecule has 15 heavy (non-hydrogen) atoms. The molecule has 0 atom stereocenters. The highest BCUT2D eigenvalue weighted by molar-refractivity contribution is 6.19. The van der Waals surface area contributed by atoms with E-state index >= 15 is 0 Å². The molecule has 0 fully saturated rings. The number of rotatable bonds is 4. The van der Waals surface area contributed by atoms with Crippen LogP contribution in [0.2, 0.25) is 0 Å². The Kier molecular flexibility index (Phi) is 4.63. The first-order valence-corrected chi connectivity index (χ1v) is 5.62. The van der Waals surface area contributed by atoms with Crippen LogP contribution < -0.4 is 5.32 Å². The highest BCUT2D eigenvalue weighted by Gasteiger charge is 2.03. The van der Waals surface area contributed by atoms with E-state index in [2.05, 4.69) is 25.2 Å². The van der Waals surface area contributed by atoms with Gasteiger partial charge in [-0.2, -0.15) is 0 Å². The number of carbonyl (C=O) groups is 1. The van der Waals surface area contributed by atoms with E-state index in [0.717, 1.165) is 5.69 Å². The lowest BCUT2D eigenvalue weighted by Crippen LogP contribution is -2.11. The summed E-state index contributed by atoms with van der Waals surface area (Å²) in [5, 5.41) is 2.81. The average molecular weight is 226 g/mol. The summed E-state index contributed by atoms with van der Waals surface area (Å²) in [7, 11) is 0. The van der Waals surface area contributed by atoms with Crippen molar-refractivity contribution in [1.82, 2.24) is 0 Å². The van der Waals surface area contributed by atoms with Crippen LogP contribution in [-0.4, -0.2) is 11.8 Å². The fourth-order valence-electron chi connectivity index (χ4n) is 1.28. The van der Waals surface area contributed by atoms with E-state index in [-0.39, 0.29) is 5.91 Å². The Morgan fingerprint density at radius 3 is 2.80 bits per heavy atom. The van der Waals surface area contributed by atoms with E-state index in [9.17, 15) is 4.79 Å². The van der Waals surface area contributed by atoms with Gasteiger partial charge in [-0.15, -0.1) is 11.6 Å². The minimum atomic E-state index is -0.0362. The monoisotopic (exact) mass is 225 g/mol.